The van der Waals surface area contributed by atoms with Gasteiger partial charge in [0.15, 0.2) is 6.61 Å². The zero-order valence-corrected chi connectivity index (χ0v) is 14.2. The third kappa shape index (κ3) is 5.09. The third-order valence-corrected chi connectivity index (χ3v) is 4.58. The molecule has 2 rings (SSSR count). The lowest BCUT2D eigenvalue weighted by molar-refractivity contribution is -0.138. The van der Waals surface area contributed by atoms with Crippen molar-refractivity contribution >= 4 is 17.5 Å². The van der Waals surface area contributed by atoms with Crippen molar-refractivity contribution in [2.45, 2.75) is 19.3 Å². The molecular weight excluding hydrogens is 318 g/mol. The molecule has 0 saturated carbocycles. The number of hydrogen-bond acceptors (Lipinski definition) is 4. The van der Waals surface area contributed by atoms with Crippen LogP contribution in [0.5, 0.6) is 5.75 Å². The highest BCUT2D eigenvalue weighted by atomic mass is 35.5. The third-order valence-electron chi connectivity index (χ3n) is 4.34. The Kier molecular flexibility index (Phi) is 6.69. The first-order valence-electron chi connectivity index (χ1n) is 7.84. The van der Waals surface area contributed by atoms with Gasteiger partial charge < -0.3 is 19.5 Å². The Labute approximate surface area is 142 Å². The second kappa shape index (κ2) is 8.52. The van der Waals surface area contributed by atoms with Gasteiger partial charge in [0.1, 0.15) is 5.75 Å². The van der Waals surface area contributed by atoms with Gasteiger partial charge in [-0.05, 0) is 37.5 Å². The molecule has 1 N–H and O–H groups in total. The Hall–Kier alpha value is -1.30. The fourth-order valence-corrected chi connectivity index (χ4v) is 3.12. The van der Waals surface area contributed by atoms with Crippen LogP contribution in [0.3, 0.4) is 0 Å². The number of aliphatic hydroxyl groups is 1. The van der Waals surface area contributed by atoms with Crippen LogP contribution in [-0.2, 0) is 9.53 Å². The summed E-state index contributed by atoms with van der Waals surface area (Å²) in [5, 5.41) is 10.3. The van der Waals surface area contributed by atoms with Crippen LogP contribution in [0.25, 0.3) is 0 Å². The molecule has 1 saturated heterocycles. The molecule has 23 heavy (non-hydrogen) atoms. The monoisotopic (exact) mass is 341 g/mol. The van der Waals surface area contributed by atoms with Crippen LogP contribution in [0.15, 0.2) is 24.3 Å². The number of halogens is 1. The van der Waals surface area contributed by atoms with Crippen molar-refractivity contribution in [3.05, 3.63) is 29.3 Å². The normalized spacial score (nSPS) is 21.3. The summed E-state index contributed by atoms with van der Waals surface area (Å²) in [5.74, 6) is 0.510. The van der Waals surface area contributed by atoms with Crippen LogP contribution in [0.4, 0.5) is 0 Å². The standard InChI is InChI=1S/C17H24ClNO4/c1-22-9-7-17(13-20)6-3-8-19(12-17)16(21)11-23-15-5-2-4-14(18)10-15/h2,4-5,10,20H,3,6-9,11-13H2,1H3/t17-/m1/s1. The van der Waals surface area contributed by atoms with Gasteiger partial charge in [-0.25, -0.2) is 0 Å². The summed E-state index contributed by atoms with van der Waals surface area (Å²) in [4.78, 5) is 14.2. The maximum atomic E-state index is 12.4. The van der Waals surface area contributed by atoms with Gasteiger partial charge in [-0.1, -0.05) is 17.7 Å². The highest BCUT2D eigenvalue weighted by molar-refractivity contribution is 6.30. The van der Waals surface area contributed by atoms with Crippen LogP contribution in [0.2, 0.25) is 5.02 Å². The number of benzene rings is 1. The number of piperidine rings is 1. The molecule has 1 amide bonds. The highest BCUT2D eigenvalue weighted by Crippen LogP contribution is 2.33. The number of ether oxygens (including phenoxy) is 2. The molecule has 1 aromatic rings. The molecule has 0 aliphatic carbocycles. The largest absolute Gasteiger partial charge is 0.484 e. The van der Waals surface area contributed by atoms with E-state index in [1.807, 2.05) is 0 Å². The molecule has 0 bridgehead atoms. The number of amides is 1. The van der Waals surface area contributed by atoms with Gasteiger partial charge >= 0.3 is 0 Å². The smallest absolute Gasteiger partial charge is 0.260 e. The van der Waals surface area contributed by atoms with E-state index in [9.17, 15) is 9.90 Å². The predicted molar refractivity (Wildman–Crippen MR) is 88.8 cm³/mol. The van der Waals surface area contributed by atoms with Crippen LogP contribution in [-0.4, -0.2) is 55.9 Å². The Bertz CT molecular complexity index is 525. The first-order chi connectivity index (χ1) is 11.1. The van der Waals surface area contributed by atoms with Crippen LogP contribution >= 0.6 is 11.6 Å². The van der Waals surface area contributed by atoms with E-state index in [2.05, 4.69) is 0 Å². The number of nitrogens with zero attached hydrogens (tertiary/aromatic N) is 1. The lowest BCUT2D eigenvalue weighted by Crippen LogP contribution is -2.49. The molecule has 128 valence electrons. The molecule has 1 aliphatic rings. The fraction of sp³-hybridized carbons (Fsp3) is 0.588. The summed E-state index contributed by atoms with van der Waals surface area (Å²) in [6, 6.07) is 6.99. The van der Waals surface area contributed by atoms with E-state index in [1.165, 1.54) is 0 Å². The maximum Gasteiger partial charge on any atom is 0.260 e. The van der Waals surface area contributed by atoms with Gasteiger partial charge in [0.05, 0.1) is 6.61 Å². The van der Waals surface area contributed by atoms with Crippen molar-refractivity contribution in [2.24, 2.45) is 5.41 Å². The molecule has 1 aromatic carbocycles. The summed E-state index contributed by atoms with van der Waals surface area (Å²) >= 11 is 5.90. The summed E-state index contributed by atoms with van der Waals surface area (Å²) in [7, 11) is 1.65. The van der Waals surface area contributed by atoms with E-state index in [1.54, 1.807) is 36.3 Å². The second-order valence-electron chi connectivity index (χ2n) is 6.07. The first-order valence-corrected chi connectivity index (χ1v) is 8.22. The highest BCUT2D eigenvalue weighted by Gasteiger charge is 2.36. The van der Waals surface area contributed by atoms with Crippen molar-refractivity contribution in [2.75, 3.05) is 40.0 Å². The van der Waals surface area contributed by atoms with Gasteiger partial charge in [-0.2, -0.15) is 0 Å². The van der Waals surface area contributed by atoms with Crippen molar-refractivity contribution < 1.29 is 19.4 Å². The molecule has 5 nitrogen and oxygen atoms in total. The molecule has 0 spiro atoms. The lowest BCUT2D eigenvalue weighted by Gasteiger charge is -2.41. The SMILES string of the molecule is COCC[C@]1(CO)CCCN(C(=O)COc2cccc(Cl)c2)C1. The zero-order valence-electron chi connectivity index (χ0n) is 13.5. The zero-order chi connectivity index (χ0) is 16.7. The summed E-state index contributed by atoms with van der Waals surface area (Å²) < 4.78 is 10.7. The number of likely N-dealkylation sites (tertiary alicyclic amines) is 1. The topological polar surface area (TPSA) is 59.0 Å². The summed E-state index contributed by atoms with van der Waals surface area (Å²) in [6.07, 6.45) is 2.54. The molecule has 0 aromatic heterocycles. The average Bonchev–Trinajstić information content (AvgIpc) is 2.58. The number of carbonyl (C=O) groups is 1. The number of carbonyl (C=O) groups excluding carboxylic acids is 1. The lowest BCUT2D eigenvalue weighted by atomic mass is 9.78. The van der Waals surface area contributed by atoms with E-state index < -0.39 is 0 Å². The Morgan fingerprint density at radius 1 is 1.48 bits per heavy atom. The minimum atomic E-state index is -0.264. The van der Waals surface area contributed by atoms with Crippen molar-refractivity contribution in [1.82, 2.24) is 4.90 Å². The van der Waals surface area contributed by atoms with Crippen LogP contribution < -0.4 is 4.74 Å². The summed E-state index contributed by atoms with van der Waals surface area (Å²) in [6.45, 7) is 1.88. The van der Waals surface area contributed by atoms with Gasteiger partial charge in [0.25, 0.3) is 5.91 Å². The second-order valence-corrected chi connectivity index (χ2v) is 6.50. The van der Waals surface area contributed by atoms with E-state index in [0.29, 0.717) is 30.5 Å². The summed E-state index contributed by atoms with van der Waals surface area (Å²) in [5.41, 5.74) is -0.264. The van der Waals surface area contributed by atoms with E-state index >= 15 is 0 Å². The maximum absolute atomic E-state index is 12.4. The van der Waals surface area contributed by atoms with Crippen LogP contribution in [0.1, 0.15) is 19.3 Å². The molecule has 0 unspecified atom stereocenters. The fourth-order valence-electron chi connectivity index (χ4n) is 2.94. The van der Waals surface area contributed by atoms with Gasteiger partial charge in [-0.15, -0.1) is 0 Å². The minimum Gasteiger partial charge on any atom is -0.484 e. The average molecular weight is 342 g/mol. The number of rotatable bonds is 7. The Balaban J connectivity index is 1.90. The molecule has 1 aliphatic heterocycles. The van der Waals surface area contributed by atoms with Gasteiger partial charge in [-0.3, -0.25) is 4.79 Å². The van der Waals surface area contributed by atoms with Crippen molar-refractivity contribution in [3.63, 3.8) is 0 Å². The molecule has 0 radical (unpaired) electrons. The molecular formula is C17H24ClNO4. The molecule has 6 heteroatoms. The Morgan fingerprint density at radius 3 is 3.00 bits per heavy atom. The molecule has 1 fully saturated rings. The van der Waals surface area contributed by atoms with Crippen LogP contribution in [0, 0.1) is 5.41 Å². The molecule has 1 heterocycles. The van der Waals surface area contributed by atoms with E-state index in [0.717, 1.165) is 19.3 Å². The van der Waals surface area contributed by atoms with Crippen molar-refractivity contribution in [3.8, 4) is 5.75 Å². The van der Waals surface area contributed by atoms with Gasteiger partial charge in [0.2, 0.25) is 0 Å². The van der Waals surface area contributed by atoms with E-state index in [4.69, 9.17) is 21.1 Å². The minimum absolute atomic E-state index is 0.0217. The Morgan fingerprint density at radius 2 is 2.30 bits per heavy atom. The van der Waals surface area contributed by atoms with E-state index in [-0.39, 0.29) is 24.5 Å². The quantitative estimate of drug-likeness (QED) is 0.827. The molecule has 1 atom stereocenters. The predicted octanol–water partition coefficient (Wildman–Crippen LogP) is 2.36. The first kappa shape index (κ1) is 18.0. The number of aliphatic hydroxyl groups excluding tert-OH is 1. The number of methoxy groups -OCH3 is 1. The number of hydrogen-bond donors (Lipinski definition) is 1. The van der Waals surface area contributed by atoms with Crippen molar-refractivity contribution in [1.29, 1.82) is 0 Å². The van der Waals surface area contributed by atoms with Gasteiger partial charge in [0, 0.05) is 37.2 Å².